The second-order valence-corrected chi connectivity index (χ2v) is 14.6. The molecule has 19 heteroatoms. The van der Waals surface area contributed by atoms with Crippen LogP contribution in [0.5, 0.6) is 28.7 Å². The van der Waals surface area contributed by atoms with Crippen molar-refractivity contribution in [1.29, 1.82) is 0 Å². The third-order valence-corrected chi connectivity index (χ3v) is 10.1. The molecule has 6 aromatic carbocycles. The summed E-state index contributed by atoms with van der Waals surface area (Å²) >= 11 is -3.61. The molecular formula is C42H36N2O14S3. The number of anilines is 3. The molecule has 0 fully saturated rings. The van der Waals surface area contributed by atoms with Crippen LogP contribution in [0, 0.1) is 13.8 Å². The average Bonchev–Trinajstić information content (AvgIpc) is 3.26. The molecule has 0 heterocycles. The Morgan fingerprint density at radius 3 is 1.85 bits per heavy atom. The van der Waals surface area contributed by atoms with E-state index in [1.807, 2.05) is 44.9 Å². The zero-order valence-corrected chi connectivity index (χ0v) is 34.6. The summed E-state index contributed by atoms with van der Waals surface area (Å²) in [5, 5.41) is 24.6. The Balaban J connectivity index is 0.00000347. The van der Waals surface area contributed by atoms with Crippen molar-refractivity contribution in [2.24, 2.45) is 0 Å². The average molecular weight is 889 g/mol. The monoisotopic (exact) mass is 888 g/mol. The van der Waals surface area contributed by atoms with Gasteiger partial charge in [-0.15, -0.1) is 0 Å². The van der Waals surface area contributed by atoms with E-state index in [2.05, 4.69) is 15.5 Å². The molecule has 6 rings (SSSR count). The highest BCUT2D eigenvalue weighted by atomic mass is 32.2. The van der Waals surface area contributed by atoms with E-state index in [-0.39, 0.29) is 39.9 Å². The van der Waals surface area contributed by atoms with E-state index < -0.39 is 34.3 Å². The lowest BCUT2D eigenvalue weighted by molar-refractivity contribution is -0.252. The summed E-state index contributed by atoms with van der Waals surface area (Å²) in [6.45, 7) is 5.70. The van der Waals surface area contributed by atoms with Gasteiger partial charge in [-0.05, 0) is 111 Å². The normalized spacial score (nSPS) is 11.5. The van der Waals surface area contributed by atoms with Crippen LogP contribution in [-0.4, -0.2) is 37.4 Å². The van der Waals surface area contributed by atoms with Gasteiger partial charge < -0.3 is 42.2 Å². The number of carbonyl (C=O) groups excluding carboxylic acids is 2. The first-order chi connectivity index (χ1) is 29.5. The van der Waals surface area contributed by atoms with Gasteiger partial charge in [-0.1, -0.05) is 45.8 Å². The Bertz CT molecular complexity index is 2450. The van der Waals surface area contributed by atoms with Crippen LogP contribution in [0.4, 0.5) is 17.1 Å². The lowest BCUT2D eigenvalue weighted by Gasteiger charge is -2.14. The topological polar surface area (TPSA) is 214 Å². The molecule has 61 heavy (non-hydrogen) atoms. The number of hydrogen-bond acceptors (Lipinski definition) is 15. The van der Waals surface area contributed by atoms with Gasteiger partial charge in [0, 0.05) is 28.7 Å². The molecule has 6 aromatic rings. The van der Waals surface area contributed by atoms with E-state index in [0.29, 0.717) is 46.4 Å². The summed E-state index contributed by atoms with van der Waals surface area (Å²) in [6.07, 6.45) is 0. The third-order valence-electron chi connectivity index (χ3n) is 8.04. The molecule has 16 nitrogen and oxygen atoms in total. The van der Waals surface area contributed by atoms with Crippen molar-refractivity contribution in [3.8, 4) is 28.7 Å². The first-order valence-corrected chi connectivity index (χ1v) is 20.3. The van der Waals surface area contributed by atoms with Gasteiger partial charge in [-0.25, -0.2) is 13.9 Å². The fraction of sp³-hybridized carbons (Fsp3) is 0.0714. The number of carboxylic acid groups (broad SMARTS) is 1. The van der Waals surface area contributed by atoms with Crippen LogP contribution in [0.15, 0.2) is 138 Å². The maximum absolute atomic E-state index is 13.2. The summed E-state index contributed by atoms with van der Waals surface area (Å²) < 4.78 is 52.4. The quantitative estimate of drug-likeness (QED) is 0.0259. The van der Waals surface area contributed by atoms with Crippen LogP contribution >= 0.6 is 12.3 Å². The molecule has 2 atom stereocenters. The second-order valence-electron chi connectivity index (χ2n) is 12.4. The lowest BCUT2D eigenvalue weighted by atomic mass is 10.1. The minimum atomic E-state index is -2.14. The van der Waals surface area contributed by atoms with Gasteiger partial charge in [0.2, 0.25) is 11.1 Å². The number of hydrogen-bond donors (Lipinski definition) is 4. The SMILES string of the molecule is C=O.Cc1ccc(OOSOc2ccc(C(=O)O)c(C(=O)Nc3ccc(S(=O)Oc4ccc(Nc5cc(OS(=O)Oc6ccc(C)cc6)ccc5COO)cc4)cc3)c2)cc1. The number of nitrogens with one attached hydrogen (secondary N) is 2. The van der Waals surface area contributed by atoms with E-state index in [4.69, 9.17) is 36.0 Å². The van der Waals surface area contributed by atoms with Crippen LogP contribution in [0.1, 0.15) is 37.4 Å². The number of benzene rings is 6. The predicted octanol–water partition coefficient (Wildman–Crippen LogP) is 8.89. The molecule has 0 spiro atoms. The molecule has 4 N–H and O–H groups in total. The van der Waals surface area contributed by atoms with Gasteiger partial charge in [0.1, 0.15) is 36.4 Å². The van der Waals surface area contributed by atoms with Crippen molar-refractivity contribution < 1.29 is 64.0 Å². The first-order valence-electron chi connectivity index (χ1n) is 17.6. The Labute approximate surface area is 359 Å². The highest BCUT2D eigenvalue weighted by Gasteiger charge is 2.19. The summed E-state index contributed by atoms with van der Waals surface area (Å²) in [5.41, 5.74) is 3.53. The van der Waals surface area contributed by atoms with Gasteiger partial charge in [0.25, 0.3) is 18.2 Å². The van der Waals surface area contributed by atoms with Gasteiger partial charge >= 0.3 is 17.3 Å². The second kappa shape index (κ2) is 22.6. The molecule has 0 aliphatic heterocycles. The number of carbonyl (C=O) groups is 3. The number of aryl methyl sites for hydroxylation is 2. The Hall–Kier alpha value is -6.74. The highest BCUT2D eigenvalue weighted by Crippen LogP contribution is 2.30. The molecule has 1 amide bonds. The van der Waals surface area contributed by atoms with E-state index >= 15 is 0 Å². The van der Waals surface area contributed by atoms with E-state index in [0.717, 1.165) is 11.1 Å². The van der Waals surface area contributed by atoms with Crippen molar-refractivity contribution >= 4 is 70.5 Å². The third kappa shape index (κ3) is 13.6. The van der Waals surface area contributed by atoms with E-state index in [9.17, 15) is 23.1 Å². The van der Waals surface area contributed by atoms with Crippen molar-refractivity contribution in [2.45, 2.75) is 25.3 Å². The zero-order chi connectivity index (χ0) is 43.7. The molecule has 0 saturated carbocycles. The Morgan fingerprint density at radius 1 is 0.656 bits per heavy atom. The molecule has 316 valence electrons. The molecule has 0 aliphatic rings. The minimum Gasteiger partial charge on any atom is -0.478 e. The summed E-state index contributed by atoms with van der Waals surface area (Å²) in [6, 6.07) is 35.1. The molecule has 0 saturated heterocycles. The molecule has 0 bridgehead atoms. The Kier molecular flexibility index (Phi) is 16.8. The summed E-state index contributed by atoms with van der Waals surface area (Å²) in [7, 11) is 0. The molecule has 2 unspecified atom stereocenters. The molecular weight excluding hydrogens is 853 g/mol. The first kappa shape index (κ1) is 45.3. The molecule has 0 aromatic heterocycles. The van der Waals surface area contributed by atoms with Crippen LogP contribution in [0.2, 0.25) is 0 Å². The zero-order valence-electron chi connectivity index (χ0n) is 32.1. The van der Waals surface area contributed by atoms with Crippen molar-refractivity contribution in [1.82, 2.24) is 0 Å². The summed E-state index contributed by atoms with van der Waals surface area (Å²) in [4.78, 5) is 42.8. The van der Waals surface area contributed by atoms with E-state index in [1.54, 1.807) is 66.7 Å². The number of amides is 1. The molecule has 0 radical (unpaired) electrons. The predicted molar refractivity (Wildman–Crippen MR) is 227 cm³/mol. The Morgan fingerprint density at radius 2 is 1.21 bits per heavy atom. The summed E-state index contributed by atoms with van der Waals surface area (Å²) in [5.74, 6) is -0.613. The fourth-order valence-corrected chi connectivity index (χ4v) is 6.69. The van der Waals surface area contributed by atoms with Gasteiger partial charge in [-0.2, -0.15) is 4.21 Å². The van der Waals surface area contributed by atoms with Crippen molar-refractivity contribution in [3.05, 3.63) is 161 Å². The maximum atomic E-state index is 13.2. The number of rotatable bonds is 19. The van der Waals surface area contributed by atoms with Crippen LogP contribution in [0.3, 0.4) is 0 Å². The number of aromatic carboxylic acids is 1. The minimum absolute atomic E-state index is 0.128. The number of carboxylic acids is 1. The lowest BCUT2D eigenvalue weighted by Crippen LogP contribution is -2.16. The van der Waals surface area contributed by atoms with Gasteiger partial charge in [0.05, 0.1) is 16.0 Å². The maximum Gasteiger partial charge on any atom is 0.417 e. The smallest absolute Gasteiger partial charge is 0.417 e. The highest BCUT2D eigenvalue weighted by molar-refractivity contribution is 7.90. The van der Waals surface area contributed by atoms with Gasteiger partial charge in [0.15, 0.2) is 5.75 Å². The molecule has 0 aliphatic carbocycles. The van der Waals surface area contributed by atoms with E-state index in [1.165, 1.54) is 42.5 Å². The van der Waals surface area contributed by atoms with Crippen molar-refractivity contribution in [3.63, 3.8) is 0 Å². The van der Waals surface area contributed by atoms with Crippen LogP contribution < -0.4 is 32.3 Å². The van der Waals surface area contributed by atoms with Crippen molar-refractivity contribution in [2.75, 3.05) is 10.6 Å². The van der Waals surface area contributed by atoms with Gasteiger partial charge in [-0.3, -0.25) is 10.1 Å². The fourth-order valence-electron chi connectivity index (χ4n) is 5.07. The standard InChI is InChI=1S/C41H34N2O13S3.CH2O/c1-26-3-12-31(13-4-26)51-56-57-52-34-19-22-37(41(45)46)38(23-34)40(44)43-30-10-20-36(21-11-30)58(48)53-32-17-8-29(9-18-32)42-39-24-35(16-7-28(39)25-50-47)55-59(49)54-33-14-5-27(2)6-15-33;1-2/h3-24,42,47H,25H2,1-2H3,(H,43,44)(H,45,46);1H2. The van der Waals surface area contributed by atoms with Crippen LogP contribution in [0.25, 0.3) is 0 Å². The largest absolute Gasteiger partial charge is 0.478 e. The van der Waals surface area contributed by atoms with Crippen LogP contribution in [-0.2, 0) is 43.1 Å².